The maximum absolute atomic E-state index is 4.74. The number of hydrogen-bond donors (Lipinski definition) is 0. The zero-order valence-electron chi connectivity index (χ0n) is 22.7. The Kier molecular flexibility index (Phi) is 5.19. The third kappa shape index (κ3) is 3.78. The molecule has 0 fully saturated rings. The van der Waals surface area contributed by atoms with Crippen LogP contribution in [0, 0.1) is 13.8 Å². The van der Waals surface area contributed by atoms with Gasteiger partial charge in [0.2, 0.25) is 5.95 Å². The van der Waals surface area contributed by atoms with Gasteiger partial charge in [-0.25, -0.2) is 4.98 Å². The number of rotatable bonds is 4. The van der Waals surface area contributed by atoms with Crippen LogP contribution in [-0.2, 0) is 0 Å². The summed E-state index contributed by atoms with van der Waals surface area (Å²) in [5, 5.41) is 8.66. The lowest BCUT2D eigenvalue weighted by Gasteiger charge is -2.23. The van der Waals surface area contributed by atoms with E-state index < -0.39 is 0 Å². The van der Waals surface area contributed by atoms with Gasteiger partial charge in [0.1, 0.15) is 11.6 Å². The van der Waals surface area contributed by atoms with Gasteiger partial charge >= 0.3 is 0 Å². The fraction of sp³-hybridized carbons (Fsp3) is 0.0556. The summed E-state index contributed by atoms with van der Waals surface area (Å²) in [4.78, 5) is 20.5. The Hall–Kier alpha value is -5.42. The Morgan fingerprint density at radius 3 is 2.02 bits per heavy atom. The van der Waals surface area contributed by atoms with Crippen molar-refractivity contribution in [3.8, 4) is 11.1 Å². The third-order valence-electron chi connectivity index (χ3n) is 7.85. The summed E-state index contributed by atoms with van der Waals surface area (Å²) < 4.78 is 0. The van der Waals surface area contributed by atoms with Gasteiger partial charge in [-0.3, -0.25) is 9.88 Å². The number of pyridine rings is 1. The molecule has 2 heterocycles. The van der Waals surface area contributed by atoms with E-state index in [1.54, 1.807) is 0 Å². The van der Waals surface area contributed by atoms with Crippen molar-refractivity contribution in [2.45, 2.75) is 13.8 Å². The van der Waals surface area contributed by atoms with Crippen LogP contribution in [0.15, 0.2) is 115 Å². The molecular weight excluding hydrogens is 502 g/mol. The minimum atomic E-state index is 0.609. The lowest BCUT2D eigenvalue weighted by molar-refractivity contribution is 0.906. The van der Waals surface area contributed by atoms with E-state index in [1.807, 2.05) is 44.3 Å². The summed E-state index contributed by atoms with van der Waals surface area (Å²) in [7, 11) is 0. The predicted octanol–water partition coefficient (Wildman–Crippen LogP) is 9.07. The van der Waals surface area contributed by atoms with Crippen LogP contribution < -0.4 is 4.90 Å². The van der Waals surface area contributed by atoms with Crippen LogP contribution in [0.25, 0.3) is 54.3 Å². The van der Waals surface area contributed by atoms with Gasteiger partial charge in [0, 0.05) is 28.3 Å². The fourth-order valence-electron chi connectivity index (χ4n) is 6.12. The average Bonchev–Trinajstić information content (AvgIpc) is 3.00. The summed E-state index contributed by atoms with van der Waals surface area (Å²) >= 11 is 0. The molecule has 41 heavy (non-hydrogen) atoms. The van der Waals surface area contributed by atoms with E-state index in [9.17, 15) is 0 Å². The van der Waals surface area contributed by atoms with Gasteiger partial charge in [0.25, 0.3) is 0 Å². The first-order valence-corrected chi connectivity index (χ1v) is 13.7. The Bertz CT molecular complexity index is 2200. The Morgan fingerprint density at radius 1 is 0.537 bits per heavy atom. The molecule has 0 aliphatic rings. The smallest absolute Gasteiger partial charge is 0.238 e. The highest BCUT2D eigenvalue weighted by Gasteiger charge is 2.18. The van der Waals surface area contributed by atoms with Crippen molar-refractivity contribution >= 4 is 60.5 Å². The number of aryl methyl sites for hydroxylation is 2. The monoisotopic (exact) mass is 527 g/mol. The summed E-state index contributed by atoms with van der Waals surface area (Å²) in [6.45, 7) is 3.80. The number of hydrogen-bond acceptors (Lipinski definition) is 5. The van der Waals surface area contributed by atoms with Crippen LogP contribution in [0.3, 0.4) is 0 Å². The van der Waals surface area contributed by atoms with Gasteiger partial charge in [-0.1, -0.05) is 72.8 Å². The van der Waals surface area contributed by atoms with E-state index in [-0.39, 0.29) is 0 Å². The van der Waals surface area contributed by atoms with Crippen LogP contribution in [-0.4, -0.2) is 19.9 Å². The summed E-state index contributed by atoms with van der Waals surface area (Å²) in [5.74, 6) is 2.00. The summed E-state index contributed by atoms with van der Waals surface area (Å²) in [5.41, 5.74) is 5.39. The molecule has 0 aliphatic heterocycles. The topological polar surface area (TPSA) is 54.8 Å². The molecule has 0 atom stereocenters. The Morgan fingerprint density at radius 2 is 1.22 bits per heavy atom. The van der Waals surface area contributed by atoms with Gasteiger partial charge in [0.15, 0.2) is 0 Å². The van der Waals surface area contributed by atoms with Crippen LogP contribution in [0.4, 0.5) is 17.3 Å². The van der Waals surface area contributed by atoms with Crippen LogP contribution in [0.1, 0.15) is 11.6 Å². The van der Waals surface area contributed by atoms with E-state index >= 15 is 0 Å². The number of para-hydroxylation sites is 1. The zero-order chi connectivity index (χ0) is 27.5. The van der Waals surface area contributed by atoms with Gasteiger partial charge in [-0.05, 0) is 88.3 Å². The third-order valence-corrected chi connectivity index (χ3v) is 7.85. The fourth-order valence-corrected chi connectivity index (χ4v) is 6.12. The maximum atomic E-state index is 4.74. The van der Waals surface area contributed by atoms with Gasteiger partial charge in [0.05, 0.1) is 5.52 Å². The number of fused-ring (bicyclic) bond motifs is 2. The first-order chi connectivity index (χ1) is 20.1. The van der Waals surface area contributed by atoms with Crippen molar-refractivity contribution in [1.82, 2.24) is 19.9 Å². The lowest BCUT2D eigenvalue weighted by Crippen LogP contribution is -2.15. The molecule has 0 bridgehead atoms. The van der Waals surface area contributed by atoms with Crippen molar-refractivity contribution in [2.75, 3.05) is 4.90 Å². The van der Waals surface area contributed by atoms with Gasteiger partial charge in [-0.15, -0.1) is 0 Å². The zero-order valence-corrected chi connectivity index (χ0v) is 22.7. The molecule has 0 saturated heterocycles. The molecule has 0 saturated carbocycles. The minimum Gasteiger partial charge on any atom is -0.279 e. The van der Waals surface area contributed by atoms with Crippen LogP contribution in [0.5, 0.6) is 0 Å². The molecule has 0 unspecified atom stereocenters. The van der Waals surface area contributed by atoms with Crippen molar-refractivity contribution < 1.29 is 0 Å². The van der Waals surface area contributed by atoms with E-state index in [4.69, 9.17) is 4.98 Å². The van der Waals surface area contributed by atoms with Crippen LogP contribution in [0.2, 0.25) is 0 Å². The molecule has 0 spiro atoms. The van der Waals surface area contributed by atoms with E-state index in [0.29, 0.717) is 17.6 Å². The number of nitrogens with zero attached hydrogens (tertiary/aromatic N) is 5. The number of anilines is 3. The van der Waals surface area contributed by atoms with Crippen molar-refractivity contribution in [1.29, 1.82) is 0 Å². The number of aromatic nitrogens is 4. The highest BCUT2D eigenvalue weighted by molar-refractivity contribution is 6.29. The molecule has 0 amide bonds. The highest BCUT2D eigenvalue weighted by Crippen LogP contribution is 2.42. The average molecular weight is 528 g/mol. The second-order valence-electron chi connectivity index (χ2n) is 10.4. The molecular formula is C36H25N5. The molecule has 8 aromatic rings. The molecule has 5 nitrogen and oxygen atoms in total. The lowest BCUT2D eigenvalue weighted by atomic mass is 9.89. The minimum absolute atomic E-state index is 0.609. The molecule has 5 heteroatoms. The molecule has 6 aromatic carbocycles. The Balaban J connectivity index is 1.29. The standard InChI is InChI=1S/C36H25N5/c1-22-38-23(2)40-36(39-22)41(28-8-4-3-5-9-28)29-15-12-24(13-16-29)30-17-14-25-10-11-26-21-27-7-6-20-37-35(27)32-19-18-31(30)33(25)34(26)32/h3-21H,1-2H3. The normalized spacial score (nSPS) is 11.7. The Labute approximate surface area is 237 Å². The highest BCUT2D eigenvalue weighted by atomic mass is 15.3. The van der Waals surface area contributed by atoms with Crippen LogP contribution >= 0.6 is 0 Å². The van der Waals surface area contributed by atoms with Crippen molar-refractivity contribution in [2.24, 2.45) is 0 Å². The van der Waals surface area contributed by atoms with Crippen molar-refractivity contribution in [3.63, 3.8) is 0 Å². The van der Waals surface area contributed by atoms with Crippen molar-refractivity contribution in [3.05, 3.63) is 127 Å². The van der Waals surface area contributed by atoms with Gasteiger partial charge in [-0.2, -0.15) is 9.97 Å². The summed E-state index contributed by atoms with van der Waals surface area (Å²) in [6, 6.07) is 38.7. The SMILES string of the molecule is Cc1nc(C)nc(N(c2ccccc2)c2ccc(-c3ccc4ccc5cc6cccnc6c6ccc3c4c56)cc2)n1. The second-order valence-corrected chi connectivity index (χ2v) is 10.4. The second kappa shape index (κ2) is 9.07. The van der Waals surface area contributed by atoms with E-state index in [0.717, 1.165) is 22.5 Å². The maximum Gasteiger partial charge on any atom is 0.238 e. The summed E-state index contributed by atoms with van der Waals surface area (Å²) in [6.07, 6.45) is 1.88. The largest absolute Gasteiger partial charge is 0.279 e. The molecule has 0 N–H and O–H groups in total. The van der Waals surface area contributed by atoms with E-state index in [2.05, 4.69) is 105 Å². The number of benzene rings is 6. The first-order valence-electron chi connectivity index (χ1n) is 13.7. The molecule has 194 valence electrons. The van der Waals surface area contributed by atoms with Gasteiger partial charge < -0.3 is 0 Å². The predicted molar refractivity (Wildman–Crippen MR) is 168 cm³/mol. The molecule has 8 rings (SSSR count). The molecule has 2 aromatic heterocycles. The molecule has 0 radical (unpaired) electrons. The van der Waals surface area contributed by atoms with E-state index in [1.165, 1.54) is 43.3 Å². The quantitative estimate of drug-likeness (QED) is 0.169. The molecule has 0 aliphatic carbocycles. The first kappa shape index (κ1) is 23.5.